The van der Waals surface area contributed by atoms with Crippen LogP contribution >= 0.6 is 0 Å². The summed E-state index contributed by atoms with van der Waals surface area (Å²) >= 11 is 0. The molecule has 0 aliphatic carbocycles. The maximum absolute atomic E-state index is 15.3. The Hall–Kier alpha value is -4.35. The van der Waals surface area contributed by atoms with E-state index in [-0.39, 0.29) is 60.0 Å². The van der Waals surface area contributed by atoms with Crippen LogP contribution in [-0.2, 0) is 22.6 Å². The zero-order valence-corrected chi connectivity index (χ0v) is 25.5. The van der Waals surface area contributed by atoms with E-state index in [0.29, 0.717) is 67.9 Å². The third-order valence-corrected chi connectivity index (χ3v) is 8.17. The number of carbonyl (C=O) groups excluding carboxylic acids is 2. The van der Waals surface area contributed by atoms with Gasteiger partial charge in [0.15, 0.2) is 23.1 Å². The number of amidine groups is 1. The summed E-state index contributed by atoms with van der Waals surface area (Å²) in [7, 11) is 2.74. The smallest absolute Gasteiger partial charge is 0.303 e. The second kappa shape index (κ2) is 14.4. The minimum atomic E-state index is -0.859. The van der Waals surface area contributed by atoms with Crippen molar-refractivity contribution in [1.29, 1.82) is 5.41 Å². The molecule has 1 atom stereocenters. The maximum atomic E-state index is 15.3. The topological polar surface area (TPSA) is 155 Å². The normalized spacial score (nSPS) is 15.8. The number of anilines is 1. The van der Waals surface area contributed by atoms with E-state index in [1.54, 1.807) is 12.1 Å². The number of carboxylic acids is 1. The fourth-order valence-corrected chi connectivity index (χ4v) is 5.78. The van der Waals surface area contributed by atoms with Crippen molar-refractivity contribution in [3.8, 4) is 17.2 Å². The molecule has 0 spiro atoms. The SMILES string of the molecule is CCCCc1cc(C(=O)CN2Cc3cc(OC)c(OC)c(F)c3C2=N)cc(N2CCC(C(N)=O)C2)c1OCCCCC(=O)O. The summed E-state index contributed by atoms with van der Waals surface area (Å²) in [6.07, 6.45) is 4.08. The Balaban J connectivity index is 1.64. The third-order valence-electron chi connectivity index (χ3n) is 8.17. The summed E-state index contributed by atoms with van der Waals surface area (Å²) in [6, 6.07) is 5.20. The molecular formula is C32H41FN4O7. The lowest BCUT2D eigenvalue weighted by Crippen LogP contribution is -2.31. The number of nitrogens with two attached hydrogens (primary N) is 1. The predicted octanol–water partition coefficient (Wildman–Crippen LogP) is 4.15. The number of aliphatic carboxylic acids is 1. The lowest BCUT2D eigenvalue weighted by atomic mass is 9.99. The van der Waals surface area contributed by atoms with Crippen LogP contribution in [0.4, 0.5) is 10.1 Å². The van der Waals surface area contributed by atoms with Crippen molar-refractivity contribution in [3.05, 3.63) is 46.3 Å². The molecule has 0 saturated carbocycles. The number of amides is 1. The van der Waals surface area contributed by atoms with Crippen molar-refractivity contribution in [2.45, 2.75) is 58.4 Å². The summed E-state index contributed by atoms with van der Waals surface area (Å²) in [5, 5.41) is 17.6. The number of ketones is 1. The second-order valence-corrected chi connectivity index (χ2v) is 11.2. The number of ether oxygens (including phenoxy) is 3. The highest BCUT2D eigenvalue weighted by Crippen LogP contribution is 2.40. The molecule has 4 N–H and O–H groups in total. The van der Waals surface area contributed by atoms with Crippen molar-refractivity contribution in [3.63, 3.8) is 0 Å². The Morgan fingerprint density at radius 2 is 1.89 bits per heavy atom. The fraction of sp³-hybridized carbons (Fsp3) is 0.500. The number of hydrogen-bond acceptors (Lipinski definition) is 8. The molecule has 2 aromatic carbocycles. The average Bonchev–Trinajstić information content (AvgIpc) is 3.61. The first kappa shape index (κ1) is 32.6. The molecule has 4 rings (SSSR count). The van der Waals surface area contributed by atoms with Crippen LogP contribution in [0.3, 0.4) is 0 Å². The van der Waals surface area contributed by atoms with Gasteiger partial charge in [0.25, 0.3) is 0 Å². The van der Waals surface area contributed by atoms with E-state index >= 15 is 4.39 Å². The van der Waals surface area contributed by atoms with Crippen molar-refractivity contribution in [2.75, 3.05) is 45.4 Å². The summed E-state index contributed by atoms with van der Waals surface area (Å²) in [6.45, 7) is 3.34. The second-order valence-electron chi connectivity index (χ2n) is 11.2. The number of carbonyl (C=O) groups is 3. The summed E-state index contributed by atoms with van der Waals surface area (Å²) < 4.78 is 32.0. The highest BCUT2D eigenvalue weighted by molar-refractivity contribution is 6.06. The first-order valence-electron chi connectivity index (χ1n) is 15.0. The highest BCUT2D eigenvalue weighted by Gasteiger charge is 2.34. The Bertz CT molecular complexity index is 1430. The zero-order valence-electron chi connectivity index (χ0n) is 25.5. The molecule has 0 radical (unpaired) electrons. The van der Waals surface area contributed by atoms with Crippen molar-refractivity contribution < 1.29 is 38.1 Å². The predicted molar refractivity (Wildman–Crippen MR) is 163 cm³/mol. The van der Waals surface area contributed by atoms with Crippen LogP contribution in [0.5, 0.6) is 17.2 Å². The van der Waals surface area contributed by atoms with E-state index < -0.39 is 11.8 Å². The molecule has 1 unspecified atom stereocenters. The Kier molecular flexibility index (Phi) is 10.7. The van der Waals surface area contributed by atoms with Gasteiger partial charge in [-0.05, 0) is 61.4 Å². The van der Waals surface area contributed by atoms with Gasteiger partial charge in [0.1, 0.15) is 11.6 Å². The number of halogens is 1. The molecule has 1 saturated heterocycles. The number of nitrogens with zero attached hydrogens (tertiary/aromatic N) is 2. The molecule has 2 heterocycles. The number of nitrogens with one attached hydrogen (secondary N) is 1. The van der Waals surface area contributed by atoms with Crippen LogP contribution in [0.25, 0.3) is 0 Å². The molecule has 11 nitrogen and oxygen atoms in total. The van der Waals surface area contributed by atoms with Gasteiger partial charge in [-0.2, -0.15) is 0 Å². The molecule has 1 amide bonds. The number of methoxy groups -OCH3 is 2. The van der Waals surface area contributed by atoms with Gasteiger partial charge >= 0.3 is 5.97 Å². The quantitative estimate of drug-likeness (QED) is 0.187. The number of primary amides is 1. The van der Waals surface area contributed by atoms with Crippen LogP contribution in [-0.4, -0.2) is 74.0 Å². The van der Waals surface area contributed by atoms with Crippen molar-refractivity contribution in [1.82, 2.24) is 4.90 Å². The molecule has 238 valence electrons. The van der Waals surface area contributed by atoms with Gasteiger partial charge < -0.3 is 34.9 Å². The Morgan fingerprint density at radius 3 is 2.52 bits per heavy atom. The van der Waals surface area contributed by atoms with Crippen molar-refractivity contribution >= 4 is 29.2 Å². The lowest BCUT2D eigenvalue weighted by Gasteiger charge is -2.26. The van der Waals surface area contributed by atoms with E-state index in [2.05, 4.69) is 6.92 Å². The summed E-state index contributed by atoms with van der Waals surface area (Å²) in [5.74, 6) is -1.88. The van der Waals surface area contributed by atoms with Gasteiger partial charge in [-0.3, -0.25) is 19.8 Å². The Morgan fingerprint density at radius 1 is 1.11 bits per heavy atom. The third kappa shape index (κ3) is 7.06. The first-order valence-corrected chi connectivity index (χ1v) is 15.0. The van der Waals surface area contributed by atoms with Gasteiger partial charge in [-0.15, -0.1) is 0 Å². The van der Waals surface area contributed by atoms with E-state index in [1.165, 1.54) is 19.1 Å². The summed E-state index contributed by atoms with van der Waals surface area (Å²) in [4.78, 5) is 40.2. The number of unbranched alkanes of at least 4 members (excludes halogenated alkanes) is 2. The number of Topliss-reactive ketones (excluding diaryl/α,β-unsaturated/α-hetero) is 1. The van der Waals surface area contributed by atoms with Crippen LogP contribution < -0.4 is 24.8 Å². The number of carboxylic acid groups (broad SMARTS) is 1. The largest absolute Gasteiger partial charge is 0.493 e. The maximum Gasteiger partial charge on any atom is 0.303 e. The molecule has 0 bridgehead atoms. The zero-order chi connectivity index (χ0) is 32.0. The van der Waals surface area contributed by atoms with Gasteiger partial charge in [0.2, 0.25) is 5.91 Å². The number of aryl methyl sites for hydroxylation is 1. The lowest BCUT2D eigenvalue weighted by molar-refractivity contribution is -0.137. The van der Waals surface area contributed by atoms with E-state index in [4.69, 9.17) is 30.5 Å². The van der Waals surface area contributed by atoms with Crippen molar-refractivity contribution in [2.24, 2.45) is 11.7 Å². The van der Waals surface area contributed by atoms with Gasteiger partial charge in [-0.25, -0.2) is 4.39 Å². The minimum Gasteiger partial charge on any atom is -0.493 e. The highest BCUT2D eigenvalue weighted by atomic mass is 19.1. The van der Waals surface area contributed by atoms with Crippen LogP contribution in [0, 0.1) is 17.1 Å². The fourth-order valence-electron chi connectivity index (χ4n) is 5.78. The molecule has 1 fully saturated rings. The van der Waals surface area contributed by atoms with E-state index in [9.17, 15) is 14.4 Å². The molecule has 2 aromatic rings. The van der Waals surface area contributed by atoms with Gasteiger partial charge in [-0.1, -0.05) is 13.3 Å². The summed E-state index contributed by atoms with van der Waals surface area (Å²) in [5.41, 5.74) is 8.17. The van der Waals surface area contributed by atoms with Crippen LogP contribution in [0.1, 0.15) is 72.5 Å². The number of hydrogen-bond donors (Lipinski definition) is 3. The van der Waals surface area contributed by atoms with E-state index in [0.717, 1.165) is 18.4 Å². The molecule has 0 aromatic heterocycles. The van der Waals surface area contributed by atoms with Crippen LogP contribution in [0.2, 0.25) is 0 Å². The van der Waals surface area contributed by atoms with E-state index in [1.807, 2.05) is 11.0 Å². The molecule has 12 heteroatoms. The molecule has 2 aliphatic heterocycles. The first-order chi connectivity index (χ1) is 21.1. The standard InChI is InChI=1S/C32H41FN4O7/c1-4-5-8-19-13-21(24(38)18-37-17-22-15-25(42-2)30(43-3)28(33)27(22)31(37)34)14-23(36-11-10-20(16-36)32(35)41)29(19)44-12-7-6-9-26(39)40/h13-15,20,34H,4-12,16-18H2,1-3H3,(H2,35,41)(H,39,40). The molecule has 44 heavy (non-hydrogen) atoms. The average molecular weight is 613 g/mol. The monoisotopic (exact) mass is 612 g/mol. The Labute approximate surface area is 256 Å². The van der Waals surface area contributed by atoms with Crippen LogP contribution in [0.15, 0.2) is 18.2 Å². The molecular weight excluding hydrogens is 571 g/mol. The van der Waals surface area contributed by atoms with Gasteiger partial charge in [0, 0.05) is 31.6 Å². The number of rotatable bonds is 16. The minimum absolute atomic E-state index is 0.0532. The molecule has 2 aliphatic rings. The number of fused-ring (bicyclic) bond motifs is 1. The number of benzene rings is 2. The van der Waals surface area contributed by atoms with Gasteiger partial charge in [0.05, 0.1) is 44.5 Å².